The highest BCUT2D eigenvalue weighted by molar-refractivity contribution is 8.00. The van der Waals surface area contributed by atoms with Crippen LogP contribution >= 0.6 is 23.4 Å². The molecule has 90 valence electrons. The maximum atomic E-state index is 6.12. The van der Waals surface area contributed by atoms with Crippen molar-refractivity contribution in [3.05, 3.63) is 11.1 Å². The first kappa shape index (κ1) is 12.2. The number of halogens is 1. The van der Waals surface area contributed by atoms with Crippen LogP contribution in [0.2, 0.25) is 5.28 Å². The first-order valence-electron chi connectivity index (χ1n) is 5.52. The van der Waals surface area contributed by atoms with Gasteiger partial charge in [-0.1, -0.05) is 20.8 Å². The molecule has 1 saturated carbocycles. The Labute approximate surface area is 106 Å². The minimum atomic E-state index is -0.00533. The first-order valence-corrected chi connectivity index (χ1v) is 7.13. The molecule has 1 aliphatic carbocycles. The molecule has 1 aromatic heterocycles. The molecule has 0 aromatic carbocycles. The van der Waals surface area contributed by atoms with E-state index in [0.29, 0.717) is 10.0 Å². The number of aromatic nitrogens is 3. The largest absolute Gasteiger partial charge is 0.300 e. The second kappa shape index (κ2) is 3.91. The van der Waals surface area contributed by atoms with Gasteiger partial charge >= 0.3 is 0 Å². The summed E-state index contributed by atoms with van der Waals surface area (Å²) in [5.74, 6) is 0.984. The van der Waals surface area contributed by atoms with Crippen molar-refractivity contribution in [2.24, 2.45) is 0 Å². The van der Waals surface area contributed by atoms with Crippen LogP contribution in [0.25, 0.3) is 0 Å². The Morgan fingerprint density at radius 2 is 2.00 bits per heavy atom. The summed E-state index contributed by atoms with van der Waals surface area (Å²) in [5.41, 5.74) is -0.00533. The van der Waals surface area contributed by atoms with Gasteiger partial charge in [0.05, 0.1) is 0 Å². The van der Waals surface area contributed by atoms with Crippen molar-refractivity contribution >= 4 is 23.4 Å². The van der Waals surface area contributed by atoms with Gasteiger partial charge in [0.2, 0.25) is 5.28 Å². The van der Waals surface area contributed by atoms with Crippen molar-refractivity contribution in [1.82, 2.24) is 14.8 Å². The summed E-state index contributed by atoms with van der Waals surface area (Å²) < 4.78 is 2.46. The van der Waals surface area contributed by atoms with E-state index in [4.69, 9.17) is 11.6 Å². The van der Waals surface area contributed by atoms with E-state index >= 15 is 0 Å². The molecular formula is C11H18ClN3S. The Bertz CT molecular complexity index is 390. The lowest BCUT2D eigenvalue weighted by molar-refractivity contribution is 0.491. The molecule has 0 atom stereocenters. The predicted molar refractivity (Wildman–Crippen MR) is 69.2 cm³/mol. The van der Waals surface area contributed by atoms with Crippen LogP contribution in [0.3, 0.4) is 0 Å². The van der Waals surface area contributed by atoms with Crippen LogP contribution in [0, 0.1) is 0 Å². The topological polar surface area (TPSA) is 30.7 Å². The van der Waals surface area contributed by atoms with Gasteiger partial charge in [-0.25, -0.2) is 0 Å². The zero-order valence-corrected chi connectivity index (χ0v) is 11.8. The van der Waals surface area contributed by atoms with Gasteiger partial charge < -0.3 is 0 Å². The van der Waals surface area contributed by atoms with Crippen LogP contribution in [0.15, 0.2) is 0 Å². The van der Waals surface area contributed by atoms with Crippen molar-refractivity contribution in [1.29, 1.82) is 0 Å². The smallest absolute Gasteiger partial charge is 0.225 e. The minimum absolute atomic E-state index is 0.00533. The third-order valence-electron chi connectivity index (χ3n) is 3.06. The van der Waals surface area contributed by atoms with E-state index in [0.717, 1.165) is 12.4 Å². The van der Waals surface area contributed by atoms with Crippen LogP contribution in [-0.2, 0) is 12.0 Å². The molecule has 0 saturated heterocycles. The van der Waals surface area contributed by atoms with E-state index < -0.39 is 0 Å². The van der Waals surface area contributed by atoms with Gasteiger partial charge in [0.1, 0.15) is 5.82 Å². The predicted octanol–water partition coefficient (Wildman–Crippen LogP) is 3.12. The zero-order valence-electron chi connectivity index (χ0n) is 10.2. The lowest BCUT2D eigenvalue weighted by Crippen LogP contribution is -2.23. The minimum Gasteiger partial charge on any atom is -0.300 e. The summed E-state index contributed by atoms with van der Waals surface area (Å²) in [4.78, 5) is 0. The van der Waals surface area contributed by atoms with Gasteiger partial charge in [-0.3, -0.25) is 4.57 Å². The van der Waals surface area contributed by atoms with E-state index in [1.165, 1.54) is 12.8 Å². The number of rotatable bonds is 3. The van der Waals surface area contributed by atoms with E-state index in [9.17, 15) is 0 Å². The highest BCUT2D eigenvalue weighted by Gasteiger charge is 2.43. The summed E-state index contributed by atoms with van der Waals surface area (Å²) in [6, 6.07) is 0. The zero-order chi connectivity index (χ0) is 12.0. The summed E-state index contributed by atoms with van der Waals surface area (Å²) in [6.07, 6.45) is 4.71. The van der Waals surface area contributed by atoms with Crippen molar-refractivity contribution in [2.75, 3.05) is 6.26 Å². The maximum absolute atomic E-state index is 6.12. The molecule has 5 heteroatoms. The van der Waals surface area contributed by atoms with Crippen molar-refractivity contribution < 1.29 is 0 Å². The Hall–Kier alpha value is -0.220. The molecule has 1 heterocycles. The monoisotopic (exact) mass is 259 g/mol. The Morgan fingerprint density at radius 1 is 1.38 bits per heavy atom. The number of hydrogen-bond donors (Lipinski definition) is 0. The molecule has 0 N–H and O–H groups in total. The van der Waals surface area contributed by atoms with Crippen molar-refractivity contribution in [2.45, 2.75) is 50.3 Å². The second-order valence-electron chi connectivity index (χ2n) is 5.52. The molecule has 1 aromatic rings. The maximum Gasteiger partial charge on any atom is 0.225 e. The molecular weight excluding hydrogens is 242 g/mol. The molecule has 0 spiro atoms. The molecule has 0 unspecified atom stereocenters. The molecule has 16 heavy (non-hydrogen) atoms. The second-order valence-corrected chi connectivity index (χ2v) is 7.13. The Morgan fingerprint density at radius 3 is 2.44 bits per heavy atom. The molecule has 3 nitrogen and oxygen atoms in total. The van der Waals surface area contributed by atoms with E-state index in [1.807, 2.05) is 11.8 Å². The van der Waals surface area contributed by atoms with Crippen LogP contribution in [0.4, 0.5) is 0 Å². The molecule has 1 aliphatic rings. The highest BCUT2D eigenvalue weighted by atomic mass is 35.5. The van der Waals surface area contributed by atoms with E-state index in [1.54, 1.807) is 0 Å². The third-order valence-corrected chi connectivity index (χ3v) is 4.75. The molecule has 0 bridgehead atoms. The molecule has 0 radical (unpaired) electrons. The summed E-state index contributed by atoms with van der Waals surface area (Å²) >= 11 is 8.05. The quantitative estimate of drug-likeness (QED) is 0.836. The van der Waals surface area contributed by atoms with Crippen LogP contribution in [0.5, 0.6) is 0 Å². The van der Waals surface area contributed by atoms with Crippen LogP contribution in [-0.4, -0.2) is 25.8 Å². The summed E-state index contributed by atoms with van der Waals surface area (Å²) in [5, 5.41) is 8.72. The van der Waals surface area contributed by atoms with Crippen LogP contribution < -0.4 is 0 Å². The summed E-state index contributed by atoms with van der Waals surface area (Å²) in [6.45, 7) is 7.36. The van der Waals surface area contributed by atoms with Crippen molar-refractivity contribution in [3.63, 3.8) is 0 Å². The first-order chi connectivity index (χ1) is 7.38. The fourth-order valence-corrected chi connectivity index (χ4v) is 2.78. The van der Waals surface area contributed by atoms with Gasteiger partial charge in [-0.05, 0) is 30.7 Å². The fraction of sp³-hybridized carbons (Fsp3) is 0.818. The molecule has 1 fully saturated rings. The normalized spacial score (nSPS) is 18.8. The lowest BCUT2D eigenvalue weighted by atomic mass is 9.95. The SMILES string of the molecule is CSC1(Cn2c(Cl)nnc2C(C)(C)C)CC1. The molecule has 2 rings (SSSR count). The standard InChI is InChI=1S/C11H18ClN3S/c1-10(2,3)8-13-14-9(12)15(8)7-11(16-4)5-6-11/h5-7H2,1-4H3. The molecule has 0 amide bonds. The number of hydrogen-bond acceptors (Lipinski definition) is 3. The Kier molecular flexibility index (Phi) is 2.99. The summed E-state index contributed by atoms with van der Waals surface area (Å²) in [7, 11) is 0. The van der Waals surface area contributed by atoms with E-state index in [2.05, 4.69) is 41.8 Å². The Balaban J connectivity index is 2.29. The van der Waals surface area contributed by atoms with Gasteiger partial charge in [-0.15, -0.1) is 10.2 Å². The third kappa shape index (κ3) is 2.23. The van der Waals surface area contributed by atoms with Gasteiger partial charge in [0, 0.05) is 16.7 Å². The number of thioether (sulfide) groups is 1. The van der Waals surface area contributed by atoms with E-state index in [-0.39, 0.29) is 5.41 Å². The van der Waals surface area contributed by atoms with Gasteiger partial charge in [0.25, 0.3) is 0 Å². The highest BCUT2D eigenvalue weighted by Crippen LogP contribution is 2.49. The molecule has 0 aliphatic heterocycles. The average Bonchev–Trinajstić information content (AvgIpc) is 2.86. The van der Waals surface area contributed by atoms with Gasteiger partial charge in [-0.2, -0.15) is 11.8 Å². The fourth-order valence-electron chi connectivity index (χ4n) is 1.83. The average molecular weight is 260 g/mol. The van der Waals surface area contributed by atoms with Crippen molar-refractivity contribution in [3.8, 4) is 0 Å². The number of nitrogens with zero attached hydrogens (tertiary/aromatic N) is 3. The van der Waals surface area contributed by atoms with Crippen LogP contribution in [0.1, 0.15) is 39.4 Å². The lowest BCUT2D eigenvalue weighted by Gasteiger charge is -2.21. The van der Waals surface area contributed by atoms with Gasteiger partial charge in [0.15, 0.2) is 0 Å².